The van der Waals surface area contributed by atoms with Crippen LogP contribution in [0.25, 0.3) is 0 Å². The number of carbonyl (C=O) groups is 5. The molecule has 2 saturated heterocycles. The molecule has 19 heteroatoms. The molecule has 1 aromatic rings. The predicted octanol–water partition coefficient (Wildman–Crippen LogP) is 4.36. The lowest BCUT2D eigenvalue weighted by molar-refractivity contribution is -0.145. The summed E-state index contributed by atoms with van der Waals surface area (Å²) in [6, 6.07) is 1.26. The van der Waals surface area contributed by atoms with E-state index >= 15 is 0 Å². The van der Waals surface area contributed by atoms with Crippen LogP contribution in [0.4, 0.5) is 22.8 Å². The molecule has 55 heavy (non-hydrogen) atoms. The number of nitrogens with one attached hydrogen (secondary N) is 3. The van der Waals surface area contributed by atoms with Crippen LogP contribution in [0.2, 0.25) is 0 Å². The minimum Gasteiger partial charge on any atom is -0.465 e. The van der Waals surface area contributed by atoms with Gasteiger partial charge in [-0.2, -0.15) is 17.9 Å². The third kappa shape index (κ3) is 15.1. The first-order valence-corrected chi connectivity index (χ1v) is 20.0. The van der Waals surface area contributed by atoms with Crippen molar-refractivity contribution in [2.45, 2.75) is 102 Å². The Morgan fingerprint density at radius 2 is 1.47 bits per heavy atom. The van der Waals surface area contributed by atoms with Crippen LogP contribution in [0, 0.1) is 17.8 Å². The average Bonchev–Trinajstić information content (AvgIpc) is 3.11. The SMILES string of the molecule is CCOC(=O)[C@H](CNC(=O)CNC(=O)C(CCC1CCN(C(=O)O)CC1)CCC1CCN(C(=O)OC(C)(C)C)CC1)NS(=O)(=O)c1cccc(C(F)(F)F)c1. The summed E-state index contributed by atoms with van der Waals surface area (Å²) >= 11 is 0. The van der Waals surface area contributed by atoms with Gasteiger partial charge in [0, 0.05) is 38.6 Å². The van der Waals surface area contributed by atoms with E-state index in [0.29, 0.717) is 76.8 Å². The number of carboxylic acid groups (broad SMARTS) is 1. The molecule has 0 bridgehead atoms. The highest BCUT2D eigenvalue weighted by Crippen LogP contribution is 2.31. The molecule has 2 fully saturated rings. The highest BCUT2D eigenvalue weighted by molar-refractivity contribution is 7.89. The monoisotopic (exact) mass is 805 g/mol. The maximum Gasteiger partial charge on any atom is 0.416 e. The van der Waals surface area contributed by atoms with Crippen LogP contribution in [-0.2, 0) is 40.1 Å². The fourth-order valence-electron chi connectivity index (χ4n) is 6.52. The Balaban J connectivity index is 1.59. The van der Waals surface area contributed by atoms with Crippen LogP contribution in [0.3, 0.4) is 0 Å². The second kappa shape index (κ2) is 20.2. The lowest BCUT2D eigenvalue weighted by Gasteiger charge is -2.34. The summed E-state index contributed by atoms with van der Waals surface area (Å²) < 4.78 is 77.9. The Bertz CT molecular complexity index is 1590. The normalized spacial score (nSPS) is 17.2. The number of carbonyl (C=O) groups excluding carboxylic acids is 4. The highest BCUT2D eigenvalue weighted by Gasteiger charge is 2.34. The molecular formula is C36H54F3N5O10S. The molecule has 0 aromatic heterocycles. The number of ether oxygens (including phenoxy) is 2. The molecule has 4 N–H and O–H groups in total. The van der Waals surface area contributed by atoms with E-state index in [-0.39, 0.29) is 30.4 Å². The average molecular weight is 806 g/mol. The Labute approximate surface area is 320 Å². The second-order valence-electron chi connectivity index (χ2n) is 14.9. The van der Waals surface area contributed by atoms with Gasteiger partial charge >= 0.3 is 24.3 Å². The minimum absolute atomic E-state index is 0.145. The van der Waals surface area contributed by atoms with E-state index in [1.54, 1.807) is 25.7 Å². The number of amides is 4. The standard InChI is InChI=1S/C36H54F3N5O10S/c1-5-53-32(47)29(42-55(51,52)28-8-6-7-27(21-28)36(37,38)39)22-40-30(45)23-41-31(46)26(11-9-24-13-17-43(18-14-24)33(48)49)12-10-25-15-19-44(20-16-25)34(50)54-35(2,3)4/h6-8,21,24-26,29,42H,5,9-20,22-23H2,1-4H3,(H,40,45)(H,41,46)(H,48,49)/t26?,29-/m0/s1. The molecule has 310 valence electrons. The van der Waals surface area contributed by atoms with Gasteiger partial charge in [-0.15, -0.1) is 0 Å². The predicted molar refractivity (Wildman–Crippen MR) is 193 cm³/mol. The number of halogens is 3. The number of benzene rings is 1. The zero-order valence-corrected chi connectivity index (χ0v) is 32.6. The summed E-state index contributed by atoms with van der Waals surface area (Å²) in [5, 5.41) is 14.3. The molecular weight excluding hydrogens is 751 g/mol. The molecule has 4 amide bonds. The summed E-state index contributed by atoms with van der Waals surface area (Å²) in [4.78, 5) is 65.1. The van der Waals surface area contributed by atoms with E-state index in [2.05, 4.69) is 10.6 Å². The summed E-state index contributed by atoms with van der Waals surface area (Å²) in [6.07, 6.45) is -0.915. The van der Waals surface area contributed by atoms with Gasteiger partial charge in [-0.05, 0) is 109 Å². The third-order valence-electron chi connectivity index (χ3n) is 9.64. The fourth-order valence-corrected chi connectivity index (χ4v) is 7.75. The molecule has 1 aromatic carbocycles. The molecule has 2 heterocycles. The Hall–Kier alpha value is -4.13. The molecule has 15 nitrogen and oxygen atoms in total. The number of rotatable bonds is 16. The van der Waals surface area contributed by atoms with E-state index in [0.717, 1.165) is 25.0 Å². The van der Waals surface area contributed by atoms with Crippen LogP contribution in [0.5, 0.6) is 0 Å². The number of esters is 1. The molecule has 0 radical (unpaired) electrons. The van der Waals surface area contributed by atoms with Crippen molar-refractivity contribution in [3.8, 4) is 0 Å². The van der Waals surface area contributed by atoms with Crippen molar-refractivity contribution >= 4 is 40.0 Å². The summed E-state index contributed by atoms with van der Waals surface area (Å²) in [6.45, 7) is 7.50. The van der Waals surface area contributed by atoms with Crippen LogP contribution in [0.15, 0.2) is 29.2 Å². The molecule has 0 spiro atoms. The van der Waals surface area contributed by atoms with Gasteiger partial charge in [-0.3, -0.25) is 14.4 Å². The zero-order valence-electron chi connectivity index (χ0n) is 31.8. The lowest BCUT2D eigenvalue weighted by Crippen LogP contribution is -2.50. The topological polar surface area (TPSA) is 201 Å². The summed E-state index contributed by atoms with van der Waals surface area (Å²) in [5.74, 6) is -2.19. The Morgan fingerprint density at radius 3 is 1.98 bits per heavy atom. The summed E-state index contributed by atoms with van der Waals surface area (Å²) in [5.41, 5.74) is -1.82. The van der Waals surface area contributed by atoms with Crippen molar-refractivity contribution in [3.63, 3.8) is 0 Å². The first kappa shape index (κ1) is 45.3. The van der Waals surface area contributed by atoms with E-state index in [1.165, 1.54) is 11.8 Å². The van der Waals surface area contributed by atoms with Gasteiger partial charge in [-0.1, -0.05) is 6.07 Å². The van der Waals surface area contributed by atoms with Crippen LogP contribution < -0.4 is 15.4 Å². The Kier molecular flexibility index (Phi) is 16.6. The molecule has 2 aliphatic heterocycles. The number of nitrogens with zero attached hydrogens (tertiary/aromatic N) is 2. The molecule has 2 aliphatic rings. The molecule has 0 saturated carbocycles. The van der Waals surface area contributed by atoms with Crippen molar-refractivity contribution in [1.29, 1.82) is 0 Å². The minimum atomic E-state index is -4.82. The van der Waals surface area contributed by atoms with Gasteiger partial charge in [-0.25, -0.2) is 18.0 Å². The summed E-state index contributed by atoms with van der Waals surface area (Å²) in [7, 11) is -4.67. The maximum absolute atomic E-state index is 13.5. The number of likely N-dealkylation sites (tertiary alicyclic amines) is 2. The maximum atomic E-state index is 13.5. The van der Waals surface area contributed by atoms with E-state index in [9.17, 15) is 50.7 Å². The number of hydrogen-bond donors (Lipinski definition) is 4. The van der Waals surface area contributed by atoms with Crippen molar-refractivity contribution in [1.82, 2.24) is 25.2 Å². The van der Waals surface area contributed by atoms with Crippen molar-refractivity contribution in [3.05, 3.63) is 29.8 Å². The largest absolute Gasteiger partial charge is 0.465 e. The molecule has 1 unspecified atom stereocenters. The number of sulfonamides is 1. The molecule has 2 atom stereocenters. The molecule has 3 rings (SSSR count). The van der Waals surface area contributed by atoms with Gasteiger partial charge < -0.3 is 35.0 Å². The van der Waals surface area contributed by atoms with Crippen LogP contribution >= 0.6 is 0 Å². The van der Waals surface area contributed by atoms with Gasteiger partial charge in [0.2, 0.25) is 21.8 Å². The number of piperidine rings is 2. The fraction of sp³-hybridized carbons (Fsp3) is 0.694. The van der Waals surface area contributed by atoms with Gasteiger partial charge in [0.15, 0.2) is 0 Å². The van der Waals surface area contributed by atoms with E-state index < -0.39 is 75.3 Å². The van der Waals surface area contributed by atoms with E-state index in [1.807, 2.05) is 4.72 Å². The molecule has 0 aliphatic carbocycles. The smallest absolute Gasteiger partial charge is 0.416 e. The van der Waals surface area contributed by atoms with Crippen LogP contribution in [0.1, 0.15) is 84.6 Å². The second-order valence-corrected chi connectivity index (χ2v) is 16.7. The van der Waals surface area contributed by atoms with Crippen molar-refractivity contribution < 1.29 is 60.1 Å². The quantitative estimate of drug-likeness (QED) is 0.174. The number of hydrogen-bond acceptors (Lipinski definition) is 9. The van der Waals surface area contributed by atoms with Gasteiger partial charge in [0.25, 0.3) is 0 Å². The van der Waals surface area contributed by atoms with Gasteiger partial charge in [0.1, 0.15) is 11.6 Å². The zero-order chi connectivity index (χ0) is 41.0. The Morgan fingerprint density at radius 1 is 0.909 bits per heavy atom. The van der Waals surface area contributed by atoms with Crippen molar-refractivity contribution in [2.24, 2.45) is 17.8 Å². The first-order chi connectivity index (χ1) is 25.7. The number of alkyl halides is 3. The van der Waals surface area contributed by atoms with Crippen LogP contribution in [-0.4, -0.2) is 111 Å². The van der Waals surface area contributed by atoms with E-state index in [4.69, 9.17) is 9.47 Å². The third-order valence-corrected chi connectivity index (χ3v) is 11.1. The highest BCUT2D eigenvalue weighted by atomic mass is 32.2. The van der Waals surface area contributed by atoms with Crippen molar-refractivity contribution in [2.75, 3.05) is 45.9 Å². The first-order valence-electron chi connectivity index (χ1n) is 18.5. The van der Waals surface area contributed by atoms with Gasteiger partial charge in [0.05, 0.1) is 23.6 Å². The lowest BCUT2D eigenvalue weighted by atomic mass is 9.84.